The molecule has 0 unspecified atom stereocenters. The van der Waals surface area contributed by atoms with Gasteiger partial charge in [0.05, 0.1) is 12.7 Å². The van der Waals surface area contributed by atoms with Crippen molar-refractivity contribution in [2.24, 2.45) is 0 Å². The molecule has 0 saturated carbocycles. The van der Waals surface area contributed by atoms with Crippen LogP contribution in [0.4, 0.5) is 0 Å². The predicted octanol–water partition coefficient (Wildman–Crippen LogP) is 2.25. The van der Waals surface area contributed by atoms with Crippen molar-refractivity contribution in [1.29, 1.82) is 0 Å². The van der Waals surface area contributed by atoms with Gasteiger partial charge in [-0.3, -0.25) is 0 Å². The molecule has 0 aromatic heterocycles. The molecule has 0 bridgehead atoms. The quantitative estimate of drug-likeness (QED) is 0.486. The van der Waals surface area contributed by atoms with Gasteiger partial charge < -0.3 is 15.0 Å². The Morgan fingerprint density at radius 1 is 1.35 bits per heavy atom. The van der Waals surface area contributed by atoms with Gasteiger partial charge in [-0.2, -0.15) is 0 Å². The van der Waals surface area contributed by atoms with Crippen molar-refractivity contribution in [3.8, 4) is 0 Å². The zero-order valence-corrected chi connectivity index (χ0v) is 13.2. The van der Waals surface area contributed by atoms with Crippen LogP contribution in [-0.2, 0) is 9.53 Å². The van der Waals surface area contributed by atoms with Crippen molar-refractivity contribution in [1.82, 2.24) is 10.2 Å². The Labute approximate surface area is 122 Å². The minimum absolute atomic E-state index is 0.0526. The molecule has 0 aromatic rings. The average molecular weight is 278 g/mol. The molecule has 1 aliphatic heterocycles. The van der Waals surface area contributed by atoms with Crippen LogP contribution in [0.3, 0.4) is 0 Å². The van der Waals surface area contributed by atoms with Gasteiger partial charge >= 0.3 is 5.97 Å². The summed E-state index contributed by atoms with van der Waals surface area (Å²) in [6.45, 7) is 15.0. The lowest BCUT2D eigenvalue weighted by Crippen LogP contribution is -2.56. The Morgan fingerprint density at radius 2 is 2.00 bits per heavy atom. The molecule has 1 aliphatic rings. The van der Waals surface area contributed by atoms with E-state index in [9.17, 15) is 4.79 Å². The maximum absolute atomic E-state index is 11.8. The van der Waals surface area contributed by atoms with Crippen LogP contribution in [0, 0.1) is 0 Å². The first-order valence-electron chi connectivity index (χ1n) is 6.89. The van der Waals surface area contributed by atoms with Crippen LogP contribution in [0.25, 0.3) is 0 Å². The van der Waals surface area contributed by atoms with E-state index in [1.165, 1.54) is 7.11 Å². The number of methoxy groups -OCH3 is 1. The number of nitrogens with zero attached hydrogens (tertiary/aromatic N) is 1. The number of rotatable bonds is 4. The number of piperazine rings is 1. The van der Waals surface area contributed by atoms with Gasteiger partial charge in [0.25, 0.3) is 0 Å². The van der Waals surface area contributed by atoms with Crippen molar-refractivity contribution in [2.45, 2.75) is 33.2 Å². The molecule has 1 heterocycles. The summed E-state index contributed by atoms with van der Waals surface area (Å²) in [7, 11) is 1.39. The van der Waals surface area contributed by atoms with Crippen LogP contribution < -0.4 is 5.32 Å². The van der Waals surface area contributed by atoms with Crippen LogP contribution in [0.15, 0.2) is 35.6 Å². The maximum Gasteiger partial charge on any atom is 0.337 e. The lowest BCUT2D eigenvalue weighted by atomic mass is 10.0. The third kappa shape index (κ3) is 4.85. The first kappa shape index (κ1) is 16.5. The first-order chi connectivity index (χ1) is 9.25. The molecule has 1 N–H and O–H groups in total. The second-order valence-corrected chi connectivity index (χ2v) is 6.04. The Balaban J connectivity index is 2.90. The monoisotopic (exact) mass is 278 g/mol. The van der Waals surface area contributed by atoms with Crippen LogP contribution in [-0.4, -0.2) is 43.2 Å². The fraction of sp³-hybridized carbons (Fsp3) is 0.562. The highest BCUT2D eigenvalue weighted by atomic mass is 16.5. The molecular formula is C16H26N2O2. The zero-order chi connectivity index (χ0) is 15.3. The summed E-state index contributed by atoms with van der Waals surface area (Å²) in [4.78, 5) is 14.0. The van der Waals surface area contributed by atoms with E-state index in [0.29, 0.717) is 5.57 Å². The molecule has 0 radical (unpaired) electrons. The van der Waals surface area contributed by atoms with Crippen molar-refractivity contribution in [2.75, 3.05) is 26.7 Å². The summed E-state index contributed by atoms with van der Waals surface area (Å²) in [5.74, 6) is -0.332. The molecule has 0 aromatic carbocycles. The summed E-state index contributed by atoms with van der Waals surface area (Å²) in [6, 6.07) is 0. The standard InChI is InChI=1S/C16H26N2O2/c1-12(2)9-14(15(19)20-6)10-13(3)18-8-7-17-16(4,5)11-18/h9-10,17H,3,7-8,11H2,1-2,4-6H3/b14-10+. The highest BCUT2D eigenvalue weighted by Gasteiger charge is 2.26. The maximum atomic E-state index is 11.8. The topological polar surface area (TPSA) is 41.6 Å². The van der Waals surface area contributed by atoms with Gasteiger partial charge in [0.1, 0.15) is 0 Å². The van der Waals surface area contributed by atoms with Crippen molar-refractivity contribution >= 4 is 5.97 Å². The van der Waals surface area contributed by atoms with Crippen molar-refractivity contribution in [3.63, 3.8) is 0 Å². The van der Waals surface area contributed by atoms with E-state index in [2.05, 4.69) is 30.6 Å². The third-order valence-corrected chi connectivity index (χ3v) is 3.16. The zero-order valence-electron chi connectivity index (χ0n) is 13.2. The van der Waals surface area contributed by atoms with Gasteiger partial charge in [0.2, 0.25) is 0 Å². The van der Waals surface area contributed by atoms with E-state index in [1.807, 2.05) is 19.9 Å². The molecule has 1 saturated heterocycles. The highest BCUT2D eigenvalue weighted by Crippen LogP contribution is 2.17. The number of hydrogen-bond acceptors (Lipinski definition) is 4. The minimum atomic E-state index is -0.332. The third-order valence-electron chi connectivity index (χ3n) is 3.16. The number of carbonyl (C=O) groups excluding carboxylic acids is 1. The molecule has 4 nitrogen and oxygen atoms in total. The highest BCUT2D eigenvalue weighted by molar-refractivity contribution is 5.92. The van der Waals surface area contributed by atoms with Crippen LogP contribution in [0.2, 0.25) is 0 Å². The van der Waals surface area contributed by atoms with Crippen molar-refractivity contribution in [3.05, 3.63) is 35.6 Å². The minimum Gasteiger partial charge on any atom is -0.465 e. The Kier molecular flexibility index (Phi) is 5.57. The average Bonchev–Trinajstić information content (AvgIpc) is 2.35. The molecule has 20 heavy (non-hydrogen) atoms. The van der Waals surface area contributed by atoms with E-state index >= 15 is 0 Å². The number of allylic oxidation sites excluding steroid dienone is 2. The van der Waals surface area contributed by atoms with Crippen LogP contribution >= 0.6 is 0 Å². The fourth-order valence-electron chi connectivity index (χ4n) is 2.25. The molecule has 1 fully saturated rings. The first-order valence-corrected chi connectivity index (χ1v) is 6.89. The molecule has 0 amide bonds. The summed E-state index contributed by atoms with van der Waals surface area (Å²) < 4.78 is 4.82. The summed E-state index contributed by atoms with van der Waals surface area (Å²) in [5, 5.41) is 3.46. The number of carbonyl (C=O) groups is 1. The fourth-order valence-corrected chi connectivity index (χ4v) is 2.25. The molecule has 1 rings (SSSR count). The molecule has 0 spiro atoms. The van der Waals surface area contributed by atoms with Crippen LogP contribution in [0.1, 0.15) is 27.7 Å². The molecular weight excluding hydrogens is 252 g/mol. The Hall–Kier alpha value is -1.55. The van der Waals surface area contributed by atoms with Gasteiger partial charge in [0.15, 0.2) is 0 Å². The van der Waals surface area contributed by atoms with Gasteiger partial charge in [-0.05, 0) is 39.8 Å². The van der Waals surface area contributed by atoms with E-state index < -0.39 is 0 Å². The van der Waals surface area contributed by atoms with Gasteiger partial charge in [-0.15, -0.1) is 0 Å². The summed E-state index contributed by atoms with van der Waals surface area (Å²) in [6.07, 6.45) is 3.63. The van der Waals surface area contributed by atoms with E-state index in [1.54, 1.807) is 6.08 Å². The molecule has 4 heteroatoms. The normalized spacial score (nSPS) is 18.4. The lowest BCUT2D eigenvalue weighted by Gasteiger charge is -2.40. The second-order valence-electron chi connectivity index (χ2n) is 6.04. The largest absolute Gasteiger partial charge is 0.465 e. The number of esters is 1. The van der Waals surface area contributed by atoms with Gasteiger partial charge in [-0.25, -0.2) is 4.79 Å². The number of hydrogen-bond donors (Lipinski definition) is 1. The Morgan fingerprint density at radius 3 is 2.50 bits per heavy atom. The van der Waals surface area contributed by atoms with Gasteiger partial charge in [-0.1, -0.05) is 12.2 Å². The predicted molar refractivity (Wildman–Crippen MR) is 82.3 cm³/mol. The van der Waals surface area contributed by atoms with E-state index in [4.69, 9.17) is 4.74 Å². The second kappa shape index (κ2) is 6.75. The van der Waals surface area contributed by atoms with Gasteiger partial charge in [0, 0.05) is 30.9 Å². The van der Waals surface area contributed by atoms with Crippen LogP contribution in [0.5, 0.6) is 0 Å². The summed E-state index contributed by atoms with van der Waals surface area (Å²) in [5.41, 5.74) is 2.48. The number of ether oxygens (including phenoxy) is 1. The SMILES string of the molecule is C=C(/C=C(\C=C(C)C)C(=O)OC)N1CCNC(C)(C)C1. The summed E-state index contributed by atoms with van der Waals surface area (Å²) >= 11 is 0. The molecule has 0 aliphatic carbocycles. The molecule has 112 valence electrons. The molecule has 0 atom stereocenters. The smallest absolute Gasteiger partial charge is 0.337 e. The Bertz CT molecular complexity index is 443. The van der Waals surface area contributed by atoms with E-state index in [0.717, 1.165) is 30.9 Å². The lowest BCUT2D eigenvalue weighted by molar-refractivity contribution is -0.135. The van der Waals surface area contributed by atoms with E-state index in [-0.39, 0.29) is 11.5 Å². The number of nitrogens with one attached hydrogen (secondary N) is 1. The van der Waals surface area contributed by atoms with Crippen molar-refractivity contribution < 1.29 is 9.53 Å².